The van der Waals surface area contributed by atoms with Crippen LogP contribution in [0.1, 0.15) is 4.88 Å². The second-order valence-corrected chi connectivity index (χ2v) is 4.22. The monoisotopic (exact) mass is 245 g/mol. The molecule has 1 heterocycles. The van der Waals surface area contributed by atoms with Crippen molar-refractivity contribution in [3.05, 3.63) is 41.4 Å². The fourth-order valence-corrected chi connectivity index (χ4v) is 1.85. The normalized spacial score (nSPS) is 9.59. The maximum absolute atomic E-state index is 8.43. The zero-order chi connectivity index (χ0) is 11.9. The number of nitrogens with one attached hydrogen (secondary N) is 1. The molecular weight excluding hydrogens is 234 g/mol. The Hall–Kier alpha value is -2.06. The summed E-state index contributed by atoms with van der Waals surface area (Å²) in [5, 5.41) is 11.7. The first-order valence-electron chi connectivity index (χ1n) is 5.12. The molecule has 1 aromatic heterocycles. The molecule has 0 aliphatic heterocycles. The van der Waals surface area contributed by atoms with E-state index in [-0.39, 0.29) is 6.61 Å². The summed E-state index contributed by atoms with van der Waals surface area (Å²) in [5.74, 6) is 0.695. The van der Waals surface area contributed by atoms with Crippen molar-refractivity contribution in [2.45, 2.75) is 6.54 Å². The maximum Gasteiger partial charge on any atom is 0.174 e. The first-order chi connectivity index (χ1) is 8.38. The van der Waals surface area contributed by atoms with Crippen LogP contribution in [-0.2, 0) is 6.54 Å². The highest BCUT2D eigenvalue weighted by Crippen LogP contribution is 2.18. The number of nitrogens with zero attached hydrogens (tertiary/aromatic N) is 2. The van der Waals surface area contributed by atoms with E-state index in [1.807, 2.05) is 36.4 Å². The first-order valence-corrected chi connectivity index (χ1v) is 5.89. The summed E-state index contributed by atoms with van der Waals surface area (Å²) >= 11 is 1.47. The van der Waals surface area contributed by atoms with E-state index in [1.165, 1.54) is 16.4 Å². The molecule has 0 aliphatic carbocycles. The largest absolute Gasteiger partial charge is 0.479 e. The standard InChI is InChI=1S/C12H11N3OS/c13-5-7-16-11-3-1-2-10(8-11)14-9-12-4-6-15-17-12/h1-4,6,8,14H,7,9H2. The number of aromatic nitrogens is 1. The fourth-order valence-electron chi connectivity index (χ4n) is 1.33. The van der Waals surface area contributed by atoms with Crippen LogP contribution < -0.4 is 10.1 Å². The minimum Gasteiger partial charge on any atom is -0.479 e. The summed E-state index contributed by atoms with van der Waals surface area (Å²) in [7, 11) is 0. The number of ether oxygens (including phenoxy) is 1. The minimum absolute atomic E-state index is 0.0678. The topological polar surface area (TPSA) is 57.9 Å². The van der Waals surface area contributed by atoms with Gasteiger partial charge in [0.1, 0.15) is 11.8 Å². The van der Waals surface area contributed by atoms with Crippen molar-refractivity contribution in [3.8, 4) is 11.8 Å². The van der Waals surface area contributed by atoms with Crippen LogP contribution in [0.5, 0.6) is 5.75 Å². The van der Waals surface area contributed by atoms with Gasteiger partial charge in [0.05, 0.1) is 6.54 Å². The summed E-state index contributed by atoms with van der Waals surface area (Å²) in [6.07, 6.45) is 1.79. The molecule has 17 heavy (non-hydrogen) atoms. The molecule has 1 aromatic carbocycles. The van der Waals surface area contributed by atoms with E-state index < -0.39 is 0 Å². The molecule has 0 atom stereocenters. The molecule has 0 bridgehead atoms. The van der Waals surface area contributed by atoms with Crippen molar-refractivity contribution in [3.63, 3.8) is 0 Å². The Labute approximate surface area is 104 Å². The number of anilines is 1. The predicted molar refractivity (Wildman–Crippen MR) is 67.0 cm³/mol. The van der Waals surface area contributed by atoms with Crippen LogP contribution in [0.2, 0.25) is 0 Å². The molecule has 0 spiro atoms. The minimum atomic E-state index is 0.0678. The van der Waals surface area contributed by atoms with Crippen molar-refractivity contribution in [2.24, 2.45) is 0 Å². The molecule has 0 radical (unpaired) electrons. The average molecular weight is 245 g/mol. The Morgan fingerprint density at radius 2 is 2.35 bits per heavy atom. The van der Waals surface area contributed by atoms with Gasteiger partial charge in [-0.25, -0.2) is 4.37 Å². The van der Waals surface area contributed by atoms with Crippen LogP contribution in [0, 0.1) is 11.3 Å². The molecule has 0 unspecified atom stereocenters. The molecule has 5 heteroatoms. The maximum atomic E-state index is 8.43. The fraction of sp³-hybridized carbons (Fsp3) is 0.167. The predicted octanol–water partition coefficient (Wildman–Crippen LogP) is 2.66. The summed E-state index contributed by atoms with van der Waals surface area (Å²) < 4.78 is 9.26. The Morgan fingerprint density at radius 3 is 3.12 bits per heavy atom. The highest BCUT2D eigenvalue weighted by molar-refractivity contribution is 7.05. The molecule has 0 amide bonds. The first kappa shape index (κ1) is 11.4. The smallest absolute Gasteiger partial charge is 0.174 e. The number of hydrogen-bond acceptors (Lipinski definition) is 5. The molecule has 0 aliphatic rings. The SMILES string of the molecule is N#CCOc1cccc(NCc2ccns2)c1. The third kappa shape index (κ3) is 3.47. The van der Waals surface area contributed by atoms with Gasteiger partial charge in [0.25, 0.3) is 0 Å². The van der Waals surface area contributed by atoms with Crippen LogP contribution in [0.15, 0.2) is 36.5 Å². The Bertz CT molecular complexity index is 505. The van der Waals surface area contributed by atoms with Gasteiger partial charge in [-0.3, -0.25) is 0 Å². The zero-order valence-corrected chi connectivity index (χ0v) is 9.91. The van der Waals surface area contributed by atoms with Crippen LogP contribution in [-0.4, -0.2) is 11.0 Å². The van der Waals surface area contributed by atoms with Crippen molar-refractivity contribution in [1.29, 1.82) is 5.26 Å². The van der Waals surface area contributed by atoms with E-state index in [4.69, 9.17) is 10.00 Å². The molecule has 0 saturated carbocycles. The molecule has 2 rings (SSSR count). The summed E-state index contributed by atoms with van der Waals surface area (Å²) in [6, 6.07) is 11.5. The summed E-state index contributed by atoms with van der Waals surface area (Å²) in [5.41, 5.74) is 0.967. The third-order valence-corrected chi connectivity index (χ3v) is 2.84. The van der Waals surface area contributed by atoms with Crippen molar-refractivity contribution in [2.75, 3.05) is 11.9 Å². The van der Waals surface area contributed by atoms with Gasteiger partial charge in [-0.1, -0.05) is 6.07 Å². The van der Waals surface area contributed by atoms with Crippen LogP contribution >= 0.6 is 11.5 Å². The van der Waals surface area contributed by atoms with E-state index in [0.29, 0.717) is 5.75 Å². The lowest BCUT2D eigenvalue weighted by atomic mass is 10.3. The Balaban J connectivity index is 1.94. The van der Waals surface area contributed by atoms with E-state index in [9.17, 15) is 0 Å². The van der Waals surface area contributed by atoms with Gasteiger partial charge >= 0.3 is 0 Å². The van der Waals surface area contributed by atoms with Gasteiger partial charge in [0.15, 0.2) is 6.61 Å². The van der Waals surface area contributed by atoms with Crippen molar-refractivity contribution >= 4 is 17.2 Å². The van der Waals surface area contributed by atoms with E-state index in [1.54, 1.807) is 6.20 Å². The lowest BCUT2D eigenvalue weighted by Crippen LogP contribution is -1.98. The molecule has 2 aromatic rings. The molecule has 0 saturated heterocycles. The van der Waals surface area contributed by atoms with Gasteiger partial charge in [-0.05, 0) is 29.7 Å². The van der Waals surface area contributed by atoms with Gasteiger partial charge in [0, 0.05) is 22.8 Å². The lowest BCUT2D eigenvalue weighted by Gasteiger charge is -2.07. The molecule has 1 N–H and O–H groups in total. The molecule has 86 valence electrons. The zero-order valence-electron chi connectivity index (χ0n) is 9.09. The highest BCUT2D eigenvalue weighted by Gasteiger charge is 1.98. The van der Waals surface area contributed by atoms with Crippen LogP contribution in [0.3, 0.4) is 0 Å². The van der Waals surface area contributed by atoms with E-state index >= 15 is 0 Å². The van der Waals surface area contributed by atoms with Crippen molar-refractivity contribution < 1.29 is 4.74 Å². The van der Waals surface area contributed by atoms with E-state index in [2.05, 4.69) is 9.69 Å². The van der Waals surface area contributed by atoms with Crippen LogP contribution in [0.4, 0.5) is 5.69 Å². The number of nitriles is 1. The second-order valence-electron chi connectivity index (χ2n) is 3.31. The average Bonchev–Trinajstić information content (AvgIpc) is 2.87. The molecule has 0 fully saturated rings. The van der Waals surface area contributed by atoms with Gasteiger partial charge < -0.3 is 10.1 Å². The summed E-state index contributed by atoms with van der Waals surface area (Å²) in [4.78, 5) is 1.17. The Kier molecular flexibility index (Phi) is 3.95. The van der Waals surface area contributed by atoms with Gasteiger partial charge in [-0.2, -0.15) is 5.26 Å². The third-order valence-electron chi connectivity index (χ3n) is 2.10. The highest BCUT2D eigenvalue weighted by atomic mass is 32.1. The van der Waals surface area contributed by atoms with Crippen LogP contribution in [0.25, 0.3) is 0 Å². The quantitative estimate of drug-likeness (QED) is 0.879. The van der Waals surface area contributed by atoms with Gasteiger partial charge in [-0.15, -0.1) is 0 Å². The van der Waals surface area contributed by atoms with Gasteiger partial charge in [0.2, 0.25) is 0 Å². The number of rotatable bonds is 5. The number of benzene rings is 1. The van der Waals surface area contributed by atoms with Crippen molar-refractivity contribution in [1.82, 2.24) is 4.37 Å². The Morgan fingerprint density at radius 1 is 1.41 bits per heavy atom. The number of hydrogen-bond donors (Lipinski definition) is 1. The molecule has 4 nitrogen and oxygen atoms in total. The summed E-state index contributed by atoms with van der Waals surface area (Å²) in [6.45, 7) is 0.810. The second kappa shape index (κ2) is 5.87. The van der Waals surface area contributed by atoms with E-state index in [0.717, 1.165) is 12.2 Å². The lowest BCUT2D eigenvalue weighted by molar-refractivity contribution is 0.368. The molecular formula is C12H11N3OS.